The molecular formula is C78H88F4N8O12S2. The number of carbonyl (C=O) groups excluding carboxylic acids is 6. The summed E-state index contributed by atoms with van der Waals surface area (Å²) in [5.74, 6) is -9.39. The predicted molar refractivity (Wildman–Crippen MR) is 386 cm³/mol. The second kappa shape index (κ2) is 29.0. The number of nitrogens with zero attached hydrogens (tertiary/aromatic N) is 2. The first-order valence-electron chi connectivity index (χ1n) is 34.5. The summed E-state index contributed by atoms with van der Waals surface area (Å²) in [6.07, 6.45) is 5.06. The number of amides is 6. The standard InChI is InChI=1S/2C39H44F2N4O6S/c2*1-6-26-21-39(26,36(48)44-52(49,50)29-17-18-29)43-34(46)32-22-38(51-5,27-14-12-25(13-15-27)24-10-8-7-9-11-24)23-45(32)35(47)33(37(2,3)4)42-28-16-19-30(40)31(41)20-28/h2*6-16,19-20,26,29,32-33,42H,1,17-18,21-23H2,2-5H3,(H,43,46)(H,44,48)/t26-,32+,33?,38+,39-;26-,32+,33+,38+,39-/m11/s1. The van der Waals surface area contributed by atoms with Crippen molar-refractivity contribution in [2.24, 2.45) is 22.7 Å². The molecule has 6 aliphatic rings. The van der Waals surface area contributed by atoms with Gasteiger partial charge in [0, 0.05) is 62.4 Å². The van der Waals surface area contributed by atoms with E-state index in [2.05, 4.69) is 43.9 Å². The van der Waals surface area contributed by atoms with Crippen molar-refractivity contribution in [2.45, 2.75) is 150 Å². The Bertz CT molecular complexity index is 4250. The Morgan fingerprint density at radius 3 is 1.09 bits per heavy atom. The molecule has 6 aromatic rings. The van der Waals surface area contributed by atoms with Crippen molar-refractivity contribution < 1.29 is 72.6 Å². The largest absolute Gasteiger partial charge is 0.373 e. The number of likely N-dealkylation sites (tertiary alicyclic amines) is 2. The molecule has 6 fully saturated rings. The monoisotopic (exact) mass is 1470 g/mol. The molecule has 6 amide bonds. The van der Waals surface area contributed by atoms with Crippen molar-refractivity contribution in [3.05, 3.63) is 205 Å². The molecule has 2 aliphatic heterocycles. The third kappa shape index (κ3) is 15.7. The maximum Gasteiger partial charge on any atom is 0.259 e. The van der Waals surface area contributed by atoms with Crippen molar-refractivity contribution >= 4 is 66.9 Å². The number of anilines is 2. The first-order chi connectivity index (χ1) is 49.1. The van der Waals surface area contributed by atoms with Gasteiger partial charge >= 0.3 is 0 Å². The molecule has 4 saturated carbocycles. The van der Waals surface area contributed by atoms with E-state index in [-0.39, 0.29) is 50.1 Å². The van der Waals surface area contributed by atoms with E-state index in [9.17, 15) is 63.2 Å². The summed E-state index contributed by atoms with van der Waals surface area (Å²) < 4.78 is 124. The first kappa shape index (κ1) is 75.9. The molecular weight excluding hydrogens is 1380 g/mol. The molecule has 104 heavy (non-hydrogen) atoms. The van der Waals surface area contributed by atoms with Crippen LogP contribution in [0.15, 0.2) is 171 Å². The van der Waals surface area contributed by atoms with Crippen molar-refractivity contribution in [1.82, 2.24) is 29.9 Å². The number of hydrogen-bond acceptors (Lipinski definition) is 14. The van der Waals surface area contributed by atoms with Gasteiger partial charge in [-0.1, -0.05) is 163 Å². The van der Waals surface area contributed by atoms with E-state index < -0.39 is 158 Å². The van der Waals surface area contributed by atoms with Crippen LogP contribution >= 0.6 is 0 Å². The van der Waals surface area contributed by atoms with Crippen LogP contribution in [0.4, 0.5) is 28.9 Å². The van der Waals surface area contributed by atoms with Gasteiger partial charge in [0.25, 0.3) is 11.8 Å². The number of benzene rings is 6. The zero-order valence-corrected chi connectivity index (χ0v) is 60.9. The molecule has 6 N–H and O–H groups in total. The van der Waals surface area contributed by atoms with E-state index in [1.807, 2.05) is 109 Å². The Kier molecular flexibility index (Phi) is 21.2. The third-order valence-corrected chi connectivity index (χ3v) is 24.5. The number of hydrogen-bond donors (Lipinski definition) is 6. The summed E-state index contributed by atoms with van der Waals surface area (Å²) in [5.41, 5.74) is -1.37. The third-order valence-electron chi connectivity index (χ3n) is 20.8. The lowest BCUT2D eigenvalue weighted by Gasteiger charge is -2.36. The number of nitrogens with one attached hydrogen (secondary N) is 6. The maximum atomic E-state index is 14.7. The average molecular weight is 1470 g/mol. The number of ether oxygens (including phenoxy) is 2. The zero-order chi connectivity index (χ0) is 75.3. The maximum absolute atomic E-state index is 14.7. The molecule has 2 heterocycles. The van der Waals surface area contributed by atoms with Crippen molar-refractivity contribution in [1.29, 1.82) is 0 Å². The molecule has 10 atom stereocenters. The van der Waals surface area contributed by atoms with Gasteiger partial charge < -0.3 is 40.5 Å². The van der Waals surface area contributed by atoms with Crippen LogP contribution in [0.5, 0.6) is 0 Å². The van der Waals surface area contributed by atoms with Gasteiger partial charge in [-0.2, -0.15) is 0 Å². The van der Waals surface area contributed by atoms with E-state index in [0.29, 0.717) is 36.8 Å². The Morgan fingerprint density at radius 2 is 0.808 bits per heavy atom. The fourth-order valence-corrected chi connectivity index (χ4v) is 16.7. The number of sulfonamides is 2. The van der Waals surface area contributed by atoms with Crippen LogP contribution < -0.4 is 30.7 Å². The van der Waals surface area contributed by atoms with Crippen molar-refractivity contribution in [3.8, 4) is 22.3 Å². The lowest BCUT2D eigenvalue weighted by molar-refractivity contribution is -0.142. The molecule has 0 radical (unpaired) electrons. The molecule has 1 unspecified atom stereocenters. The van der Waals surface area contributed by atoms with Gasteiger partial charge in [0.1, 0.15) is 46.4 Å². The van der Waals surface area contributed by atoms with E-state index in [0.717, 1.165) is 46.5 Å². The van der Waals surface area contributed by atoms with Gasteiger partial charge in [-0.05, 0) is 107 Å². The van der Waals surface area contributed by atoms with E-state index in [1.165, 1.54) is 48.3 Å². The summed E-state index contributed by atoms with van der Waals surface area (Å²) in [6, 6.07) is 37.0. The number of rotatable bonds is 24. The minimum atomic E-state index is -3.91. The summed E-state index contributed by atoms with van der Waals surface area (Å²) in [6.45, 7) is 18.3. The van der Waals surface area contributed by atoms with Gasteiger partial charge in [-0.15, -0.1) is 13.2 Å². The second-order valence-electron chi connectivity index (χ2n) is 30.2. The molecule has 0 bridgehead atoms. The summed E-state index contributed by atoms with van der Waals surface area (Å²) >= 11 is 0. The number of methoxy groups -OCH3 is 2. The first-order valence-corrected chi connectivity index (χ1v) is 37.6. The molecule has 26 heteroatoms. The van der Waals surface area contributed by atoms with Crippen LogP contribution in [-0.2, 0) is 69.5 Å². The van der Waals surface area contributed by atoms with Gasteiger partial charge in [-0.3, -0.25) is 38.2 Å². The molecule has 4 aliphatic carbocycles. The Hall–Kier alpha value is -9.24. The molecule has 20 nitrogen and oxygen atoms in total. The Balaban J connectivity index is 0.000000208. The number of carbonyl (C=O) groups is 6. The van der Waals surface area contributed by atoms with E-state index >= 15 is 0 Å². The van der Waals surface area contributed by atoms with Crippen LogP contribution in [0.1, 0.15) is 104 Å². The fourth-order valence-electron chi connectivity index (χ4n) is 14.0. The number of halogens is 4. The zero-order valence-electron chi connectivity index (χ0n) is 59.2. The molecule has 2 saturated heterocycles. The summed E-state index contributed by atoms with van der Waals surface area (Å²) in [7, 11) is -4.83. The molecule has 0 aromatic heterocycles. The van der Waals surface area contributed by atoms with Gasteiger partial charge in [0.2, 0.25) is 43.7 Å². The smallest absolute Gasteiger partial charge is 0.259 e. The van der Waals surface area contributed by atoms with Crippen LogP contribution in [0.25, 0.3) is 22.3 Å². The quantitative estimate of drug-likeness (QED) is 0.0243. The summed E-state index contributed by atoms with van der Waals surface area (Å²) in [5, 5.41) is 10.4. The SMILES string of the molecule is C=C[C@@H]1C[C@]1(NC(=O)[C@@H]1C[C@@](OC)(c2ccc(-c3ccccc3)cc2)CN1C(=O)C(Nc1ccc(F)c(F)c1)C(C)(C)C)C(=O)NS(=O)(=O)C1CC1.C=C[C@@H]1C[C@]1(NC(=O)[C@@H]1C[C@@](OC)(c2ccc(-c3ccccc3)cc2)CN1C(=O)[C@H](Nc1ccc(F)c(F)c1)C(C)(C)C)C(=O)NS(=O)(=O)C1CC1. The van der Waals surface area contributed by atoms with Crippen molar-refractivity contribution in [3.63, 3.8) is 0 Å². The van der Waals surface area contributed by atoms with Crippen LogP contribution in [0.3, 0.4) is 0 Å². The Morgan fingerprint density at radius 1 is 0.481 bits per heavy atom. The summed E-state index contributed by atoms with van der Waals surface area (Å²) in [4.78, 5) is 88.2. The van der Waals surface area contributed by atoms with Gasteiger partial charge in [0.05, 0.1) is 23.6 Å². The van der Waals surface area contributed by atoms with Crippen molar-refractivity contribution in [2.75, 3.05) is 37.9 Å². The highest BCUT2D eigenvalue weighted by Gasteiger charge is 2.65. The topological polar surface area (TPSA) is 268 Å². The lowest BCUT2D eigenvalue weighted by Crippen LogP contribution is -2.58. The fraction of sp³-hybridized carbons (Fsp3) is 0.410. The average Bonchev–Trinajstić information content (AvgIpc) is 1.57. The van der Waals surface area contributed by atoms with E-state index in [1.54, 1.807) is 41.5 Å². The molecule has 6 aromatic carbocycles. The van der Waals surface area contributed by atoms with E-state index in [4.69, 9.17) is 9.47 Å². The predicted octanol–water partition coefficient (Wildman–Crippen LogP) is 10.5. The lowest BCUT2D eigenvalue weighted by atomic mass is 9.85. The highest BCUT2D eigenvalue weighted by atomic mass is 32.2. The minimum Gasteiger partial charge on any atom is -0.373 e. The highest BCUT2D eigenvalue weighted by Crippen LogP contribution is 2.49. The second-order valence-corrected chi connectivity index (χ2v) is 34.1. The molecule has 552 valence electrons. The van der Waals surface area contributed by atoms with Gasteiger partial charge in [0.15, 0.2) is 23.3 Å². The minimum absolute atomic E-state index is 0.00459. The molecule has 0 spiro atoms. The van der Waals surface area contributed by atoms with Crippen LogP contribution in [-0.4, -0.2) is 135 Å². The normalized spacial score (nSPS) is 24.8. The van der Waals surface area contributed by atoms with Gasteiger partial charge in [-0.25, -0.2) is 34.4 Å². The van der Waals surface area contributed by atoms with Crippen LogP contribution in [0.2, 0.25) is 0 Å². The molecule has 12 rings (SSSR count). The highest BCUT2D eigenvalue weighted by molar-refractivity contribution is 7.91. The Labute approximate surface area is 604 Å². The van der Waals surface area contributed by atoms with Crippen LogP contribution in [0, 0.1) is 45.9 Å².